The first kappa shape index (κ1) is 18.5. The number of carboxylic acid groups (broad SMARTS) is 1. The van der Waals surface area contributed by atoms with Crippen LogP contribution in [-0.4, -0.2) is 70.6 Å². The first-order valence-electron chi connectivity index (χ1n) is 7.82. The molecule has 0 radical (unpaired) electrons. The van der Waals surface area contributed by atoms with Gasteiger partial charge in [0.15, 0.2) is 5.69 Å². The van der Waals surface area contributed by atoms with E-state index in [1.54, 1.807) is 22.7 Å². The van der Waals surface area contributed by atoms with Crippen LogP contribution in [0.25, 0.3) is 0 Å². The van der Waals surface area contributed by atoms with Crippen molar-refractivity contribution in [2.45, 2.75) is 11.1 Å². The van der Waals surface area contributed by atoms with E-state index in [1.807, 2.05) is 6.92 Å². The summed E-state index contributed by atoms with van der Waals surface area (Å²) in [6.07, 6.45) is 0. The van der Waals surface area contributed by atoms with Crippen molar-refractivity contribution < 1.29 is 23.1 Å². The van der Waals surface area contributed by atoms with Gasteiger partial charge in [-0.15, -0.1) is 11.3 Å². The second kappa shape index (κ2) is 6.82. The number of rotatable bonds is 4. The predicted octanol–water partition coefficient (Wildman–Crippen LogP) is 0.635. The Balaban J connectivity index is 1.69. The number of aromatic nitrogens is 2. The topological polar surface area (TPSA) is 113 Å². The maximum absolute atomic E-state index is 12.6. The Kier molecular flexibility index (Phi) is 4.86. The van der Waals surface area contributed by atoms with Gasteiger partial charge in [0.2, 0.25) is 0 Å². The van der Waals surface area contributed by atoms with E-state index in [9.17, 15) is 18.0 Å². The number of amides is 1. The van der Waals surface area contributed by atoms with E-state index in [-0.39, 0.29) is 41.9 Å². The summed E-state index contributed by atoms with van der Waals surface area (Å²) in [5.41, 5.74) is 1.15. The monoisotopic (exact) mass is 398 g/mol. The highest BCUT2D eigenvalue weighted by atomic mass is 32.2. The van der Waals surface area contributed by atoms with Crippen LogP contribution in [0, 0.1) is 6.92 Å². The van der Waals surface area contributed by atoms with E-state index < -0.39 is 16.0 Å². The molecule has 26 heavy (non-hydrogen) atoms. The molecular formula is C15H18N4O5S2. The van der Waals surface area contributed by atoms with E-state index in [0.29, 0.717) is 5.69 Å². The summed E-state index contributed by atoms with van der Waals surface area (Å²) in [5, 5.41) is 14.4. The molecule has 0 aliphatic carbocycles. The summed E-state index contributed by atoms with van der Waals surface area (Å²) in [6, 6.07) is 2.86. The standard InChI is InChI=1S/C15H18N4O5S2/c1-10-7-12(16-17(10)2)14(20)18-3-5-19(6-4-18)26(23,24)13-8-11(9-25-13)15(21)22/h7-9H,3-6H2,1-2H3,(H,21,22). The lowest BCUT2D eigenvalue weighted by atomic mass is 10.3. The lowest BCUT2D eigenvalue weighted by Crippen LogP contribution is -2.50. The van der Waals surface area contributed by atoms with Crippen molar-refractivity contribution in [3.05, 3.63) is 34.5 Å². The lowest BCUT2D eigenvalue weighted by molar-refractivity contribution is 0.0684. The number of carbonyl (C=O) groups excluding carboxylic acids is 1. The molecule has 0 bridgehead atoms. The van der Waals surface area contributed by atoms with Crippen molar-refractivity contribution in [1.82, 2.24) is 19.0 Å². The van der Waals surface area contributed by atoms with Crippen LogP contribution >= 0.6 is 11.3 Å². The van der Waals surface area contributed by atoms with Crippen LogP contribution in [0.3, 0.4) is 0 Å². The van der Waals surface area contributed by atoms with Crippen LogP contribution in [0.2, 0.25) is 0 Å². The Morgan fingerprint density at radius 2 is 1.85 bits per heavy atom. The predicted molar refractivity (Wildman–Crippen MR) is 93.9 cm³/mol. The molecule has 3 rings (SSSR count). The number of carboxylic acids is 1. The number of nitrogens with zero attached hydrogens (tertiary/aromatic N) is 4. The molecule has 9 nitrogen and oxygen atoms in total. The van der Waals surface area contributed by atoms with Crippen LogP contribution in [-0.2, 0) is 17.1 Å². The molecule has 1 aliphatic heterocycles. The molecule has 0 atom stereocenters. The molecule has 1 saturated heterocycles. The minimum atomic E-state index is -3.76. The molecular weight excluding hydrogens is 380 g/mol. The van der Waals surface area contributed by atoms with Crippen LogP contribution in [0.1, 0.15) is 26.5 Å². The largest absolute Gasteiger partial charge is 0.478 e. The Bertz CT molecular complexity index is 935. The van der Waals surface area contributed by atoms with Crippen LogP contribution < -0.4 is 0 Å². The SMILES string of the molecule is Cc1cc(C(=O)N2CCN(S(=O)(=O)c3cc(C(=O)O)cs3)CC2)nn1C. The van der Waals surface area contributed by atoms with Gasteiger partial charge in [-0.25, -0.2) is 13.2 Å². The van der Waals surface area contributed by atoms with Gasteiger partial charge in [-0.05, 0) is 19.1 Å². The molecule has 2 aromatic rings. The minimum absolute atomic E-state index is 0.00460. The Hall–Kier alpha value is -2.24. The number of aryl methyl sites for hydroxylation is 2. The molecule has 0 unspecified atom stereocenters. The van der Waals surface area contributed by atoms with E-state index in [1.165, 1.54) is 9.69 Å². The van der Waals surface area contributed by atoms with Crippen molar-refractivity contribution in [1.29, 1.82) is 0 Å². The Labute approximate surface area is 154 Å². The van der Waals surface area contributed by atoms with Gasteiger partial charge in [0.25, 0.3) is 15.9 Å². The summed E-state index contributed by atoms with van der Waals surface area (Å²) < 4.78 is 28.2. The highest BCUT2D eigenvalue weighted by Gasteiger charge is 2.32. The minimum Gasteiger partial charge on any atom is -0.478 e. The zero-order chi connectivity index (χ0) is 19.1. The summed E-state index contributed by atoms with van der Waals surface area (Å²) >= 11 is 0.883. The first-order chi connectivity index (χ1) is 12.2. The van der Waals surface area contributed by atoms with Crippen molar-refractivity contribution >= 4 is 33.2 Å². The number of thiophene rings is 1. The Morgan fingerprint density at radius 1 is 1.19 bits per heavy atom. The van der Waals surface area contributed by atoms with Gasteiger partial charge in [-0.3, -0.25) is 9.48 Å². The van der Waals surface area contributed by atoms with Crippen molar-refractivity contribution in [3.63, 3.8) is 0 Å². The average Bonchev–Trinajstić information content (AvgIpc) is 3.22. The number of hydrogen-bond donors (Lipinski definition) is 1. The normalized spacial score (nSPS) is 16.0. The molecule has 140 valence electrons. The van der Waals surface area contributed by atoms with Crippen LogP contribution in [0.15, 0.2) is 21.7 Å². The average molecular weight is 398 g/mol. The number of piperazine rings is 1. The third-order valence-corrected chi connectivity index (χ3v) is 7.59. The molecule has 11 heteroatoms. The van der Waals surface area contributed by atoms with Crippen LogP contribution in [0.5, 0.6) is 0 Å². The lowest BCUT2D eigenvalue weighted by Gasteiger charge is -2.33. The fourth-order valence-corrected chi connectivity index (χ4v) is 5.38. The fraction of sp³-hybridized carbons (Fsp3) is 0.400. The maximum atomic E-state index is 12.6. The molecule has 1 N–H and O–H groups in total. The van der Waals surface area contributed by atoms with Crippen molar-refractivity contribution in [3.8, 4) is 0 Å². The first-order valence-corrected chi connectivity index (χ1v) is 10.1. The third kappa shape index (κ3) is 3.37. The van der Waals surface area contributed by atoms with E-state index in [2.05, 4.69) is 5.10 Å². The van der Waals surface area contributed by atoms with E-state index in [4.69, 9.17) is 5.11 Å². The fourth-order valence-electron chi connectivity index (χ4n) is 2.65. The molecule has 0 aromatic carbocycles. The summed E-state index contributed by atoms with van der Waals surface area (Å²) in [5.74, 6) is -1.39. The number of hydrogen-bond acceptors (Lipinski definition) is 6. The number of sulfonamides is 1. The highest BCUT2D eigenvalue weighted by Crippen LogP contribution is 2.25. The zero-order valence-electron chi connectivity index (χ0n) is 14.2. The van der Waals surface area contributed by atoms with Gasteiger partial charge in [0, 0.05) is 44.3 Å². The highest BCUT2D eigenvalue weighted by molar-refractivity contribution is 7.91. The summed E-state index contributed by atoms with van der Waals surface area (Å²) in [6.45, 7) is 2.66. The van der Waals surface area contributed by atoms with Gasteiger partial charge >= 0.3 is 5.97 Å². The van der Waals surface area contributed by atoms with Gasteiger partial charge in [-0.1, -0.05) is 0 Å². The molecule has 0 saturated carbocycles. The van der Waals surface area contributed by atoms with Crippen molar-refractivity contribution in [2.24, 2.45) is 7.05 Å². The second-order valence-corrected chi connectivity index (χ2v) is 9.03. The molecule has 3 heterocycles. The maximum Gasteiger partial charge on any atom is 0.336 e. The van der Waals surface area contributed by atoms with Gasteiger partial charge < -0.3 is 10.0 Å². The smallest absolute Gasteiger partial charge is 0.336 e. The molecule has 0 spiro atoms. The third-order valence-electron chi connectivity index (χ3n) is 4.28. The van der Waals surface area contributed by atoms with Gasteiger partial charge in [0.1, 0.15) is 4.21 Å². The molecule has 1 aliphatic rings. The number of aromatic carboxylic acids is 1. The molecule has 1 amide bonds. The van der Waals surface area contributed by atoms with Crippen LogP contribution in [0.4, 0.5) is 0 Å². The summed E-state index contributed by atoms with van der Waals surface area (Å²) in [7, 11) is -2.01. The zero-order valence-corrected chi connectivity index (χ0v) is 15.9. The van der Waals surface area contributed by atoms with E-state index >= 15 is 0 Å². The van der Waals surface area contributed by atoms with E-state index in [0.717, 1.165) is 23.1 Å². The van der Waals surface area contributed by atoms with Gasteiger partial charge in [-0.2, -0.15) is 9.40 Å². The van der Waals surface area contributed by atoms with Crippen molar-refractivity contribution in [2.75, 3.05) is 26.2 Å². The summed E-state index contributed by atoms with van der Waals surface area (Å²) in [4.78, 5) is 25.0. The van der Waals surface area contributed by atoms with Gasteiger partial charge in [0.05, 0.1) is 5.56 Å². The molecule has 2 aromatic heterocycles. The second-order valence-electron chi connectivity index (χ2n) is 5.95. The quantitative estimate of drug-likeness (QED) is 0.808. The Morgan fingerprint density at radius 3 is 2.35 bits per heavy atom. The number of carbonyl (C=O) groups is 2. The molecule has 1 fully saturated rings.